The van der Waals surface area contributed by atoms with Gasteiger partial charge in [0.05, 0.1) is 0 Å². The zero-order valence-electron chi connectivity index (χ0n) is 12.4. The SMILES string of the molecule is C[C@H](NC(=O)NCC1CCCC1)C(=O)NC1CCCC1. The molecule has 2 aliphatic rings. The maximum absolute atomic E-state index is 11.9. The van der Waals surface area contributed by atoms with E-state index in [0.29, 0.717) is 12.0 Å². The third-order valence-electron chi connectivity index (χ3n) is 4.47. The Morgan fingerprint density at radius 2 is 1.65 bits per heavy atom. The van der Waals surface area contributed by atoms with Crippen LogP contribution in [0.1, 0.15) is 58.3 Å². The summed E-state index contributed by atoms with van der Waals surface area (Å²) in [5.74, 6) is 0.538. The van der Waals surface area contributed by atoms with Gasteiger partial charge >= 0.3 is 6.03 Å². The lowest BCUT2D eigenvalue weighted by Crippen LogP contribution is -2.50. The van der Waals surface area contributed by atoms with E-state index in [0.717, 1.165) is 19.4 Å². The van der Waals surface area contributed by atoms with Gasteiger partial charge in [-0.25, -0.2) is 4.79 Å². The number of carbonyl (C=O) groups excluding carboxylic acids is 2. The minimum atomic E-state index is -0.473. The largest absolute Gasteiger partial charge is 0.352 e. The number of urea groups is 1. The van der Waals surface area contributed by atoms with Crippen molar-refractivity contribution in [3.05, 3.63) is 0 Å². The Bertz CT molecular complexity index is 334. The molecule has 20 heavy (non-hydrogen) atoms. The van der Waals surface area contributed by atoms with Crippen molar-refractivity contribution in [2.45, 2.75) is 70.4 Å². The minimum Gasteiger partial charge on any atom is -0.352 e. The molecule has 114 valence electrons. The van der Waals surface area contributed by atoms with Crippen LogP contribution in [-0.4, -0.2) is 30.6 Å². The van der Waals surface area contributed by atoms with E-state index in [1.54, 1.807) is 6.92 Å². The molecule has 2 fully saturated rings. The van der Waals surface area contributed by atoms with Gasteiger partial charge in [-0.15, -0.1) is 0 Å². The van der Waals surface area contributed by atoms with Gasteiger partial charge in [-0.3, -0.25) is 4.79 Å². The molecule has 0 bridgehead atoms. The summed E-state index contributed by atoms with van der Waals surface area (Å²) in [6.45, 7) is 2.46. The summed E-state index contributed by atoms with van der Waals surface area (Å²) in [6.07, 6.45) is 9.46. The van der Waals surface area contributed by atoms with Crippen molar-refractivity contribution < 1.29 is 9.59 Å². The first-order valence-corrected chi connectivity index (χ1v) is 8.00. The molecule has 0 aromatic rings. The van der Waals surface area contributed by atoms with Crippen molar-refractivity contribution in [1.82, 2.24) is 16.0 Å². The Morgan fingerprint density at radius 3 is 2.30 bits per heavy atom. The normalized spacial score (nSPS) is 21.6. The molecule has 0 saturated heterocycles. The molecule has 3 amide bonds. The highest BCUT2D eigenvalue weighted by atomic mass is 16.2. The van der Waals surface area contributed by atoms with Crippen molar-refractivity contribution in [3.8, 4) is 0 Å². The molecule has 2 saturated carbocycles. The lowest BCUT2D eigenvalue weighted by Gasteiger charge is -2.18. The second kappa shape index (κ2) is 7.50. The predicted molar refractivity (Wildman–Crippen MR) is 78.4 cm³/mol. The lowest BCUT2D eigenvalue weighted by atomic mass is 10.1. The third kappa shape index (κ3) is 4.69. The van der Waals surface area contributed by atoms with Gasteiger partial charge in [0.25, 0.3) is 0 Å². The molecule has 0 unspecified atom stereocenters. The monoisotopic (exact) mass is 281 g/mol. The second-order valence-electron chi connectivity index (χ2n) is 6.22. The summed E-state index contributed by atoms with van der Waals surface area (Å²) < 4.78 is 0. The molecule has 3 N–H and O–H groups in total. The maximum Gasteiger partial charge on any atom is 0.315 e. The van der Waals surface area contributed by atoms with E-state index in [1.165, 1.54) is 38.5 Å². The van der Waals surface area contributed by atoms with E-state index in [-0.39, 0.29) is 11.9 Å². The average molecular weight is 281 g/mol. The van der Waals surface area contributed by atoms with Gasteiger partial charge in [-0.1, -0.05) is 25.7 Å². The van der Waals surface area contributed by atoms with Crippen molar-refractivity contribution in [1.29, 1.82) is 0 Å². The number of carbonyl (C=O) groups is 2. The Hall–Kier alpha value is -1.26. The Kier molecular flexibility index (Phi) is 5.68. The zero-order chi connectivity index (χ0) is 14.4. The lowest BCUT2D eigenvalue weighted by molar-refractivity contribution is -0.123. The number of amides is 3. The highest BCUT2D eigenvalue weighted by molar-refractivity contribution is 5.86. The van der Waals surface area contributed by atoms with E-state index in [4.69, 9.17) is 0 Å². The molecule has 0 aromatic heterocycles. The summed E-state index contributed by atoms with van der Waals surface area (Å²) in [4.78, 5) is 23.7. The maximum atomic E-state index is 11.9. The van der Waals surface area contributed by atoms with E-state index in [1.807, 2.05) is 0 Å². The van der Waals surface area contributed by atoms with Crippen LogP contribution >= 0.6 is 0 Å². The van der Waals surface area contributed by atoms with Gasteiger partial charge in [0.2, 0.25) is 5.91 Å². The molecular weight excluding hydrogens is 254 g/mol. The summed E-state index contributed by atoms with van der Waals surface area (Å²) >= 11 is 0. The van der Waals surface area contributed by atoms with Crippen LogP contribution in [0.15, 0.2) is 0 Å². The first-order chi connectivity index (χ1) is 9.65. The van der Waals surface area contributed by atoms with Crippen LogP contribution in [0.5, 0.6) is 0 Å². The summed E-state index contributed by atoms with van der Waals surface area (Å²) in [5, 5.41) is 8.59. The quantitative estimate of drug-likeness (QED) is 0.720. The highest BCUT2D eigenvalue weighted by Crippen LogP contribution is 2.23. The van der Waals surface area contributed by atoms with E-state index in [9.17, 15) is 9.59 Å². The summed E-state index contributed by atoms with van der Waals surface area (Å²) in [6, 6.07) is -0.404. The van der Waals surface area contributed by atoms with Crippen molar-refractivity contribution >= 4 is 11.9 Å². The zero-order valence-corrected chi connectivity index (χ0v) is 12.4. The Balaban J connectivity index is 1.62. The molecule has 2 rings (SSSR count). The first kappa shape index (κ1) is 15.1. The minimum absolute atomic E-state index is 0.0760. The molecule has 5 nitrogen and oxygen atoms in total. The molecule has 0 aromatic carbocycles. The first-order valence-electron chi connectivity index (χ1n) is 8.00. The van der Waals surface area contributed by atoms with Crippen LogP contribution in [0.25, 0.3) is 0 Å². The van der Waals surface area contributed by atoms with E-state index >= 15 is 0 Å². The van der Waals surface area contributed by atoms with Crippen LogP contribution < -0.4 is 16.0 Å². The molecular formula is C15H27N3O2. The van der Waals surface area contributed by atoms with Crippen molar-refractivity contribution in [2.75, 3.05) is 6.54 Å². The smallest absolute Gasteiger partial charge is 0.315 e. The van der Waals surface area contributed by atoms with E-state index < -0.39 is 6.04 Å². The van der Waals surface area contributed by atoms with Crippen LogP contribution in [0.4, 0.5) is 4.79 Å². The summed E-state index contributed by atoms with van der Waals surface area (Å²) in [5.41, 5.74) is 0. The predicted octanol–water partition coefficient (Wildman–Crippen LogP) is 1.92. The van der Waals surface area contributed by atoms with Crippen LogP contribution in [0.3, 0.4) is 0 Å². The van der Waals surface area contributed by atoms with Gasteiger partial charge in [0.1, 0.15) is 6.04 Å². The van der Waals surface area contributed by atoms with Crippen LogP contribution in [0.2, 0.25) is 0 Å². The van der Waals surface area contributed by atoms with Gasteiger partial charge in [-0.2, -0.15) is 0 Å². The Morgan fingerprint density at radius 1 is 1.05 bits per heavy atom. The van der Waals surface area contributed by atoms with Crippen LogP contribution in [0, 0.1) is 5.92 Å². The second-order valence-corrected chi connectivity index (χ2v) is 6.22. The molecule has 1 atom stereocenters. The number of hydrogen-bond donors (Lipinski definition) is 3. The number of nitrogens with one attached hydrogen (secondary N) is 3. The number of hydrogen-bond acceptors (Lipinski definition) is 2. The van der Waals surface area contributed by atoms with Gasteiger partial charge < -0.3 is 16.0 Å². The van der Waals surface area contributed by atoms with Gasteiger partial charge in [0.15, 0.2) is 0 Å². The van der Waals surface area contributed by atoms with Crippen molar-refractivity contribution in [3.63, 3.8) is 0 Å². The molecule has 0 aliphatic heterocycles. The fourth-order valence-corrected chi connectivity index (χ4v) is 3.16. The molecule has 5 heteroatoms. The molecule has 0 heterocycles. The summed E-state index contributed by atoms with van der Waals surface area (Å²) in [7, 11) is 0. The molecule has 0 spiro atoms. The molecule has 0 radical (unpaired) electrons. The fourth-order valence-electron chi connectivity index (χ4n) is 3.16. The van der Waals surface area contributed by atoms with Gasteiger partial charge in [-0.05, 0) is 38.5 Å². The molecule has 2 aliphatic carbocycles. The van der Waals surface area contributed by atoms with E-state index in [2.05, 4.69) is 16.0 Å². The highest BCUT2D eigenvalue weighted by Gasteiger charge is 2.22. The van der Waals surface area contributed by atoms with Crippen molar-refractivity contribution in [2.24, 2.45) is 5.92 Å². The topological polar surface area (TPSA) is 70.2 Å². The van der Waals surface area contributed by atoms with Crippen LogP contribution in [-0.2, 0) is 4.79 Å². The van der Waals surface area contributed by atoms with Gasteiger partial charge in [0, 0.05) is 12.6 Å². The third-order valence-corrected chi connectivity index (χ3v) is 4.47. The fraction of sp³-hybridized carbons (Fsp3) is 0.867. The Labute approximate surface area is 121 Å². The number of rotatable bonds is 5. The standard InChI is InChI=1S/C15H27N3O2/c1-11(14(19)18-13-8-4-5-9-13)17-15(20)16-10-12-6-2-3-7-12/h11-13H,2-10H2,1H3,(H,18,19)(H2,16,17,20)/t11-/m0/s1. The average Bonchev–Trinajstić information content (AvgIpc) is 3.09.